The first-order valence-corrected chi connectivity index (χ1v) is 15.5. The highest BCUT2D eigenvalue weighted by Crippen LogP contribution is 2.39. The van der Waals surface area contributed by atoms with Crippen LogP contribution in [0.15, 0.2) is 83.1 Å². The largest absolute Gasteiger partial charge is 0.363 e. The number of sulfonamides is 1. The van der Waals surface area contributed by atoms with Crippen LogP contribution in [0.1, 0.15) is 41.6 Å². The molecule has 3 aromatic carbocycles. The van der Waals surface area contributed by atoms with Crippen molar-refractivity contribution in [2.24, 2.45) is 11.1 Å². The number of nitrogens with two attached hydrogens (primary N) is 1. The Morgan fingerprint density at radius 1 is 1.00 bits per heavy atom. The van der Waals surface area contributed by atoms with E-state index in [1.807, 2.05) is 48.5 Å². The average Bonchev–Trinajstić information content (AvgIpc) is 3.49. The van der Waals surface area contributed by atoms with Gasteiger partial charge in [-0.05, 0) is 60.1 Å². The van der Waals surface area contributed by atoms with E-state index >= 15 is 0 Å². The first kappa shape index (κ1) is 27.4. The summed E-state index contributed by atoms with van der Waals surface area (Å²) in [6.45, 7) is 0. The van der Waals surface area contributed by atoms with Gasteiger partial charge in [0.25, 0.3) is 0 Å². The molecule has 8 nitrogen and oxygen atoms in total. The lowest BCUT2D eigenvalue weighted by atomic mass is 9.95. The minimum absolute atomic E-state index is 0.121. The highest BCUT2D eigenvalue weighted by Gasteiger charge is 2.29. The van der Waals surface area contributed by atoms with E-state index in [-0.39, 0.29) is 12.1 Å². The summed E-state index contributed by atoms with van der Waals surface area (Å²) in [5.74, 6) is -0.413. The fourth-order valence-electron chi connectivity index (χ4n) is 4.93. The molecule has 210 valence electrons. The highest BCUT2D eigenvalue weighted by atomic mass is 32.2. The molecule has 2 heterocycles. The van der Waals surface area contributed by atoms with Gasteiger partial charge in [-0.1, -0.05) is 54.6 Å². The predicted molar refractivity (Wildman–Crippen MR) is 154 cm³/mol. The Bertz CT molecular complexity index is 1830. The minimum atomic E-state index is -4.20. The molecule has 6 rings (SSSR count). The van der Waals surface area contributed by atoms with Gasteiger partial charge in [0, 0.05) is 22.9 Å². The molecule has 41 heavy (non-hydrogen) atoms. The van der Waals surface area contributed by atoms with Crippen molar-refractivity contribution in [3.8, 4) is 27.5 Å². The van der Waals surface area contributed by atoms with Gasteiger partial charge in [-0.15, -0.1) is 11.3 Å². The van der Waals surface area contributed by atoms with Gasteiger partial charge in [-0.25, -0.2) is 27.6 Å². The summed E-state index contributed by atoms with van der Waals surface area (Å²) < 4.78 is 40.1. The van der Waals surface area contributed by atoms with Crippen molar-refractivity contribution in [2.45, 2.75) is 36.9 Å². The predicted octanol–water partition coefficient (Wildman–Crippen LogP) is 4.98. The van der Waals surface area contributed by atoms with Crippen molar-refractivity contribution >= 4 is 21.4 Å². The molecule has 0 unspecified atom stereocenters. The summed E-state index contributed by atoms with van der Waals surface area (Å²) >= 11 is 1.24. The van der Waals surface area contributed by atoms with Gasteiger partial charge in [-0.3, -0.25) is 0 Å². The Kier molecular flexibility index (Phi) is 7.30. The molecule has 0 radical (unpaired) electrons. The molecule has 0 atom stereocenters. The van der Waals surface area contributed by atoms with Crippen molar-refractivity contribution in [3.05, 3.63) is 107 Å². The van der Waals surface area contributed by atoms with E-state index in [1.54, 1.807) is 16.1 Å². The average molecular weight is 591 g/mol. The lowest BCUT2D eigenvalue weighted by Crippen LogP contribution is -2.14. The zero-order valence-electron chi connectivity index (χ0n) is 21.8. The first-order chi connectivity index (χ1) is 19.7. The number of primary sulfonamides is 1. The van der Waals surface area contributed by atoms with Crippen LogP contribution in [0.5, 0.6) is 0 Å². The standard InChI is InChI=1S/C30H27FN4O4S2/c31-24-14-19(11-12-27(24)41(32,38)39)13-23-25(15-18-9-10-18)34-35(30-33-26(17-40-30)29(36)37)28(23)22-8-4-7-21(16-22)20-5-2-1-3-6-20/h1-8,11-12,14,16-18,29,36-37H,9-10,13,15H2,(H2,32,38,39). The lowest BCUT2D eigenvalue weighted by molar-refractivity contribution is -0.0454. The van der Waals surface area contributed by atoms with E-state index in [9.17, 15) is 23.0 Å². The quantitative estimate of drug-likeness (QED) is 0.208. The zero-order valence-corrected chi connectivity index (χ0v) is 23.4. The van der Waals surface area contributed by atoms with E-state index in [4.69, 9.17) is 10.2 Å². The van der Waals surface area contributed by atoms with Crippen LogP contribution in [0.4, 0.5) is 4.39 Å². The maximum Gasteiger partial charge on any atom is 0.240 e. The van der Waals surface area contributed by atoms with Crippen molar-refractivity contribution in [1.82, 2.24) is 14.8 Å². The molecule has 1 fully saturated rings. The molecule has 2 aromatic heterocycles. The van der Waals surface area contributed by atoms with E-state index in [0.717, 1.165) is 52.9 Å². The number of hydrogen-bond acceptors (Lipinski definition) is 7. The summed E-state index contributed by atoms with van der Waals surface area (Å²) in [6.07, 6.45) is 1.50. The number of nitrogens with zero attached hydrogens (tertiary/aromatic N) is 3. The van der Waals surface area contributed by atoms with Crippen molar-refractivity contribution in [3.63, 3.8) is 0 Å². The Hall–Kier alpha value is -3.74. The van der Waals surface area contributed by atoms with Crippen LogP contribution in [0.25, 0.3) is 27.5 Å². The first-order valence-electron chi connectivity index (χ1n) is 13.1. The van der Waals surface area contributed by atoms with E-state index in [0.29, 0.717) is 16.6 Å². The second-order valence-corrected chi connectivity index (χ2v) is 12.6. The number of aliphatic hydroxyl groups is 2. The van der Waals surface area contributed by atoms with E-state index in [1.165, 1.54) is 23.5 Å². The second-order valence-electron chi connectivity index (χ2n) is 10.2. The zero-order chi connectivity index (χ0) is 28.7. The Balaban J connectivity index is 1.54. The van der Waals surface area contributed by atoms with Crippen molar-refractivity contribution in [1.29, 1.82) is 0 Å². The van der Waals surface area contributed by atoms with Gasteiger partial charge in [0.2, 0.25) is 15.2 Å². The molecule has 0 bridgehead atoms. The molecule has 1 aliphatic rings. The minimum Gasteiger partial charge on any atom is -0.363 e. The van der Waals surface area contributed by atoms with Crippen LogP contribution in [0.2, 0.25) is 0 Å². The smallest absolute Gasteiger partial charge is 0.240 e. The van der Waals surface area contributed by atoms with E-state index < -0.39 is 27.0 Å². The van der Waals surface area contributed by atoms with Crippen LogP contribution in [-0.4, -0.2) is 33.4 Å². The van der Waals surface area contributed by atoms with E-state index in [2.05, 4.69) is 11.1 Å². The van der Waals surface area contributed by atoms with Crippen molar-refractivity contribution < 1.29 is 23.0 Å². The summed E-state index contributed by atoms with van der Waals surface area (Å²) in [5, 5.41) is 31.6. The Labute approximate surface area is 240 Å². The number of hydrogen-bond donors (Lipinski definition) is 3. The molecule has 0 amide bonds. The third kappa shape index (κ3) is 5.85. The van der Waals surface area contributed by atoms with Crippen LogP contribution in [0, 0.1) is 11.7 Å². The normalized spacial score (nSPS) is 13.7. The van der Waals surface area contributed by atoms with Crippen LogP contribution < -0.4 is 5.14 Å². The number of rotatable bonds is 9. The molecule has 5 aromatic rings. The van der Waals surface area contributed by atoms with Crippen LogP contribution in [0.3, 0.4) is 0 Å². The topological polar surface area (TPSA) is 131 Å². The number of thiazole rings is 1. The molecule has 0 saturated heterocycles. The number of halogens is 1. The second kappa shape index (κ2) is 10.9. The van der Waals surface area contributed by atoms with Crippen LogP contribution >= 0.6 is 11.3 Å². The monoisotopic (exact) mass is 590 g/mol. The molecule has 0 aliphatic heterocycles. The molecule has 11 heteroatoms. The molecular formula is C30H27FN4O4S2. The summed E-state index contributed by atoms with van der Waals surface area (Å²) in [6, 6.07) is 21.9. The van der Waals surface area contributed by atoms with Gasteiger partial charge in [0.05, 0.1) is 11.4 Å². The van der Waals surface area contributed by atoms with Gasteiger partial charge >= 0.3 is 0 Å². The van der Waals surface area contributed by atoms with Gasteiger partial charge in [0.1, 0.15) is 16.4 Å². The summed E-state index contributed by atoms with van der Waals surface area (Å²) in [5.41, 5.74) is 6.05. The van der Waals surface area contributed by atoms with Crippen LogP contribution in [-0.2, 0) is 22.9 Å². The fourth-order valence-corrected chi connectivity index (χ4v) is 6.31. The maximum absolute atomic E-state index is 14.8. The molecule has 1 aliphatic carbocycles. The number of benzene rings is 3. The number of aliphatic hydroxyl groups excluding tert-OH is 1. The Morgan fingerprint density at radius 2 is 1.73 bits per heavy atom. The maximum atomic E-state index is 14.8. The Morgan fingerprint density at radius 3 is 2.39 bits per heavy atom. The third-order valence-electron chi connectivity index (χ3n) is 7.13. The summed E-state index contributed by atoms with van der Waals surface area (Å²) in [4.78, 5) is 3.88. The SMILES string of the molecule is NS(=O)(=O)c1ccc(Cc2c(CC3CC3)nn(-c3nc(C(O)O)cs3)c2-c2cccc(-c3ccccc3)c2)cc1F. The molecular weight excluding hydrogens is 563 g/mol. The third-order valence-corrected chi connectivity index (χ3v) is 8.91. The van der Waals surface area contributed by atoms with Gasteiger partial charge in [0.15, 0.2) is 6.29 Å². The van der Waals surface area contributed by atoms with Gasteiger partial charge < -0.3 is 10.2 Å². The molecule has 4 N–H and O–H groups in total. The van der Waals surface area contributed by atoms with Gasteiger partial charge in [-0.2, -0.15) is 5.10 Å². The molecule has 1 saturated carbocycles. The van der Waals surface area contributed by atoms with Crippen molar-refractivity contribution in [2.75, 3.05) is 0 Å². The highest BCUT2D eigenvalue weighted by molar-refractivity contribution is 7.89. The number of aromatic nitrogens is 3. The summed E-state index contributed by atoms with van der Waals surface area (Å²) in [7, 11) is -4.20. The fraction of sp³-hybridized carbons (Fsp3) is 0.200. The lowest BCUT2D eigenvalue weighted by Gasteiger charge is -2.12. The molecule has 0 spiro atoms.